The molecule has 1 aliphatic carbocycles. The van der Waals surface area contributed by atoms with E-state index in [0.717, 1.165) is 51.0 Å². The highest BCUT2D eigenvalue weighted by Crippen LogP contribution is 2.25. The molecule has 0 saturated carbocycles. The summed E-state index contributed by atoms with van der Waals surface area (Å²) in [6, 6.07) is 6.26. The van der Waals surface area contributed by atoms with Crippen LogP contribution in [0.25, 0.3) is 0 Å². The molecule has 2 aliphatic rings. The highest BCUT2D eigenvalue weighted by Gasteiger charge is 2.26. The third-order valence-electron chi connectivity index (χ3n) is 5.43. The fraction of sp³-hybridized carbons (Fsp3) is 0.545. The fourth-order valence-corrected chi connectivity index (χ4v) is 3.79. The standard InChI is InChI=1S/C20H28N2O3.C2H2O4/c1-2-25-20(24)16-8-11-22(12-9-16)13-10-19(23)21-18-7-6-15-4-3-5-17(15)14-18;3-1(4)2(5)6/h6-7,14,16H,2-5,8-13H2,1H3,(H,21,23);(H,3,4)(H,5,6). The maximum atomic E-state index is 12.2. The minimum Gasteiger partial charge on any atom is -0.473 e. The molecule has 0 atom stereocenters. The summed E-state index contributed by atoms with van der Waals surface area (Å²) in [4.78, 5) is 44.4. The Bertz CT molecular complexity index is 789. The van der Waals surface area contributed by atoms with Crippen LogP contribution in [0.2, 0.25) is 0 Å². The number of aliphatic carboxylic acids is 2. The van der Waals surface area contributed by atoms with Gasteiger partial charge in [-0.1, -0.05) is 6.07 Å². The van der Waals surface area contributed by atoms with Crippen LogP contribution in [0.15, 0.2) is 18.2 Å². The van der Waals surface area contributed by atoms with E-state index in [1.165, 1.54) is 17.5 Å². The van der Waals surface area contributed by atoms with E-state index in [-0.39, 0.29) is 17.8 Å². The van der Waals surface area contributed by atoms with Gasteiger partial charge in [0, 0.05) is 18.7 Å². The summed E-state index contributed by atoms with van der Waals surface area (Å²) in [7, 11) is 0. The monoisotopic (exact) mass is 434 g/mol. The van der Waals surface area contributed by atoms with Gasteiger partial charge in [-0.2, -0.15) is 0 Å². The molecule has 1 heterocycles. The molecule has 31 heavy (non-hydrogen) atoms. The van der Waals surface area contributed by atoms with E-state index in [4.69, 9.17) is 24.5 Å². The summed E-state index contributed by atoms with van der Waals surface area (Å²) in [6.07, 6.45) is 5.63. The Labute approximate surface area is 181 Å². The molecule has 0 unspecified atom stereocenters. The van der Waals surface area contributed by atoms with Gasteiger partial charge in [0.1, 0.15) is 0 Å². The Balaban J connectivity index is 0.000000501. The lowest BCUT2D eigenvalue weighted by Crippen LogP contribution is -2.38. The van der Waals surface area contributed by atoms with Crippen molar-refractivity contribution >= 4 is 29.5 Å². The third-order valence-corrected chi connectivity index (χ3v) is 5.43. The van der Waals surface area contributed by atoms with Gasteiger partial charge in [-0.15, -0.1) is 0 Å². The van der Waals surface area contributed by atoms with Gasteiger partial charge < -0.3 is 25.2 Å². The van der Waals surface area contributed by atoms with Crippen molar-refractivity contribution < 1.29 is 34.1 Å². The lowest BCUT2D eigenvalue weighted by molar-refractivity contribution is -0.159. The van der Waals surface area contributed by atoms with Gasteiger partial charge in [0.25, 0.3) is 0 Å². The molecule has 3 rings (SSSR count). The van der Waals surface area contributed by atoms with Crippen LogP contribution in [0.5, 0.6) is 0 Å². The third kappa shape index (κ3) is 8.01. The number of anilines is 1. The van der Waals surface area contributed by atoms with Gasteiger partial charge in [0.2, 0.25) is 5.91 Å². The van der Waals surface area contributed by atoms with Crippen LogP contribution in [0.4, 0.5) is 5.69 Å². The first-order valence-electron chi connectivity index (χ1n) is 10.6. The first-order chi connectivity index (χ1) is 14.8. The van der Waals surface area contributed by atoms with Gasteiger partial charge in [-0.25, -0.2) is 9.59 Å². The summed E-state index contributed by atoms with van der Waals surface area (Å²) in [5, 5.41) is 17.8. The molecule has 1 aliphatic heterocycles. The average Bonchev–Trinajstić information content (AvgIpc) is 3.21. The predicted molar refractivity (Wildman–Crippen MR) is 113 cm³/mol. The van der Waals surface area contributed by atoms with Crippen molar-refractivity contribution in [1.82, 2.24) is 4.90 Å². The summed E-state index contributed by atoms with van der Waals surface area (Å²) in [5.74, 6) is -3.64. The van der Waals surface area contributed by atoms with Gasteiger partial charge in [0.15, 0.2) is 0 Å². The fourth-order valence-electron chi connectivity index (χ4n) is 3.79. The van der Waals surface area contributed by atoms with Crippen LogP contribution in [0, 0.1) is 5.92 Å². The molecule has 1 aromatic carbocycles. The van der Waals surface area contributed by atoms with Crippen LogP contribution < -0.4 is 5.32 Å². The maximum Gasteiger partial charge on any atom is 0.414 e. The number of piperidine rings is 1. The number of carbonyl (C=O) groups excluding carboxylic acids is 2. The lowest BCUT2D eigenvalue weighted by Gasteiger charge is -2.30. The highest BCUT2D eigenvalue weighted by molar-refractivity contribution is 6.27. The van der Waals surface area contributed by atoms with Crippen molar-refractivity contribution in [3.8, 4) is 0 Å². The molecule has 1 amide bonds. The summed E-state index contributed by atoms with van der Waals surface area (Å²) in [5.41, 5.74) is 3.70. The number of nitrogens with zero attached hydrogens (tertiary/aromatic N) is 1. The quantitative estimate of drug-likeness (QED) is 0.457. The molecule has 9 nitrogen and oxygen atoms in total. The van der Waals surface area contributed by atoms with Crippen molar-refractivity contribution in [2.24, 2.45) is 5.92 Å². The number of amides is 1. The Morgan fingerprint density at radius 3 is 2.32 bits per heavy atom. The largest absolute Gasteiger partial charge is 0.473 e. The van der Waals surface area contributed by atoms with E-state index in [2.05, 4.69) is 22.3 Å². The molecule has 1 fully saturated rings. The molecule has 0 spiro atoms. The van der Waals surface area contributed by atoms with E-state index in [0.29, 0.717) is 13.0 Å². The number of carbonyl (C=O) groups is 4. The van der Waals surface area contributed by atoms with E-state index >= 15 is 0 Å². The second-order valence-electron chi connectivity index (χ2n) is 7.61. The van der Waals surface area contributed by atoms with E-state index in [1.54, 1.807) is 0 Å². The number of ether oxygens (including phenoxy) is 1. The summed E-state index contributed by atoms with van der Waals surface area (Å²) >= 11 is 0. The van der Waals surface area contributed by atoms with Crippen molar-refractivity contribution in [3.63, 3.8) is 0 Å². The zero-order chi connectivity index (χ0) is 22.8. The van der Waals surface area contributed by atoms with Gasteiger partial charge in [0.05, 0.1) is 12.5 Å². The molecule has 1 aromatic rings. The summed E-state index contributed by atoms with van der Waals surface area (Å²) in [6.45, 7) is 4.74. The highest BCUT2D eigenvalue weighted by atomic mass is 16.5. The number of likely N-dealkylation sites (tertiary alicyclic amines) is 1. The Hall–Kier alpha value is -2.94. The first-order valence-corrected chi connectivity index (χ1v) is 10.6. The van der Waals surface area contributed by atoms with Crippen LogP contribution in [-0.4, -0.2) is 65.2 Å². The Morgan fingerprint density at radius 1 is 1.06 bits per heavy atom. The van der Waals surface area contributed by atoms with Gasteiger partial charge >= 0.3 is 17.9 Å². The van der Waals surface area contributed by atoms with E-state index < -0.39 is 11.9 Å². The van der Waals surface area contributed by atoms with Crippen molar-refractivity contribution in [3.05, 3.63) is 29.3 Å². The molecule has 0 bridgehead atoms. The summed E-state index contributed by atoms with van der Waals surface area (Å²) < 4.78 is 5.09. The minimum absolute atomic E-state index is 0.0245. The topological polar surface area (TPSA) is 133 Å². The minimum atomic E-state index is -1.82. The van der Waals surface area contributed by atoms with Crippen molar-refractivity contribution in [1.29, 1.82) is 0 Å². The van der Waals surface area contributed by atoms with E-state index in [1.807, 2.05) is 13.0 Å². The number of aryl methyl sites for hydroxylation is 2. The number of esters is 1. The van der Waals surface area contributed by atoms with Gasteiger partial charge in [-0.3, -0.25) is 9.59 Å². The molecule has 170 valence electrons. The second kappa shape index (κ2) is 12.0. The number of rotatable bonds is 6. The SMILES string of the molecule is CCOC(=O)C1CCN(CCC(=O)Nc2ccc3c(c2)CCC3)CC1.O=C(O)C(=O)O. The molecular weight excluding hydrogens is 404 g/mol. The zero-order valence-corrected chi connectivity index (χ0v) is 17.8. The molecule has 0 radical (unpaired) electrons. The van der Waals surface area contributed by atoms with Crippen molar-refractivity contribution in [2.45, 2.75) is 45.4 Å². The number of benzene rings is 1. The Kier molecular flexibility index (Phi) is 9.45. The van der Waals surface area contributed by atoms with Crippen LogP contribution >= 0.6 is 0 Å². The average molecular weight is 434 g/mol. The van der Waals surface area contributed by atoms with Gasteiger partial charge in [-0.05, 0) is 75.4 Å². The number of fused-ring (bicyclic) bond motifs is 1. The first kappa shape index (κ1) is 24.3. The van der Waals surface area contributed by atoms with Crippen LogP contribution in [0.1, 0.15) is 43.7 Å². The zero-order valence-electron chi connectivity index (χ0n) is 17.8. The van der Waals surface area contributed by atoms with E-state index in [9.17, 15) is 9.59 Å². The second-order valence-corrected chi connectivity index (χ2v) is 7.61. The normalized spacial score (nSPS) is 15.9. The molecule has 3 N–H and O–H groups in total. The van der Waals surface area contributed by atoms with Crippen molar-refractivity contribution in [2.75, 3.05) is 31.6 Å². The number of hydrogen-bond donors (Lipinski definition) is 3. The number of hydrogen-bond acceptors (Lipinski definition) is 6. The molecular formula is C22H30N2O7. The molecule has 0 aromatic heterocycles. The smallest absolute Gasteiger partial charge is 0.414 e. The number of carboxylic acids is 2. The molecule has 1 saturated heterocycles. The maximum absolute atomic E-state index is 12.2. The van der Waals surface area contributed by atoms with Crippen LogP contribution in [0.3, 0.4) is 0 Å². The molecule has 9 heteroatoms. The Morgan fingerprint density at radius 2 is 1.71 bits per heavy atom. The van der Waals surface area contributed by atoms with Crippen LogP contribution in [-0.2, 0) is 36.8 Å². The predicted octanol–water partition coefficient (Wildman–Crippen LogP) is 1.93. The number of nitrogens with one attached hydrogen (secondary N) is 1. The lowest BCUT2D eigenvalue weighted by atomic mass is 9.97. The number of carboxylic acid groups (broad SMARTS) is 2.